The summed E-state index contributed by atoms with van der Waals surface area (Å²) in [4.78, 5) is 39.4. The largest absolute Gasteiger partial charge is 0.508 e. The van der Waals surface area contributed by atoms with Gasteiger partial charge in [0.25, 0.3) is 0 Å². The zero-order valence-electron chi connectivity index (χ0n) is 24.2. The molecule has 1 aromatic carbocycles. The molecule has 0 spiro atoms. The Morgan fingerprint density at radius 1 is 1.05 bits per heavy atom. The van der Waals surface area contributed by atoms with E-state index in [4.69, 9.17) is 14.2 Å². The van der Waals surface area contributed by atoms with Crippen molar-refractivity contribution in [2.45, 2.75) is 117 Å². The van der Waals surface area contributed by atoms with Crippen LogP contribution in [0, 0.1) is 16.2 Å². The first kappa shape index (κ1) is 30.0. The van der Waals surface area contributed by atoms with Gasteiger partial charge < -0.3 is 19.3 Å². The summed E-state index contributed by atoms with van der Waals surface area (Å²) in [6.45, 7) is 14.1. The molecule has 1 aliphatic heterocycles. The first-order valence-electron chi connectivity index (χ1n) is 14.0. The van der Waals surface area contributed by atoms with Crippen LogP contribution in [0.2, 0.25) is 0 Å². The summed E-state index contributed by atoms with van der Waals surface area (Å²) in [6, 6.07) is 7.08. The predicted molar refractivity (Wildman–Crippen MR) is 144 cm³/mol. The van der Waals surface area contributed by atoms with E-state index < -0.39 is 34.5 Å². The lowest BCUT2D eigenvalue weighted by molar-refractivity contribution is -0.188. The molecular weight excluding hydrogens is 484 g/mol. The van der Waals surface area contributed by atoms with Crippen LogP contribution in [0.5, 0.6) is 5.75 Å². The summed E-state index contributed by atoms with van der Waals surface area (Å²) in [7, 11) is 0. The highest BCUT2D eigenvalue weighted by Crippen LogP contribution is 2.50. The molecule has 1 saturated heterocycles. The first-order chi connectivity index (χ1) is 17.6. The van der Waals surface area contributed by atoms with Crippen molar-refractivity contribution in [1.29, 1.82) is 0 Å². The second kappa shape index (κ2) is 11.3. The van der Waals surface area contributed by atoms with E-state index in [-0.39, 0.29) is 36.1 Å². The Morgan fingerprint density at radius 3 is 2.16 bits per heavy atom. The van der Waals surface area contributed by atoms with Gasteiger partial charge in [-0.2, -0.15) is 0 Å². The fraction of sp³-hybridized carbons (Fsp3) is 0.710. The summed E-state index contributed by atoms with van der Waals surface area (Å²) in [5.41, 5.74) is -1.81. The molecule has 3 unspecified atom stereocenters. The highest BCUT2D eigenvalue weighted by molar-refractivity contribution is 5.84. The quantitative estimate of drug-likeness (QED) is 0.274. The van der Waals surface area contributed by atoms with Crippen LogP contribution in [-0.2, 0) is 28.6 Å². The van der Waals surface area contributed by atoms with E-state index in [1.54, 1.807) is 26.0 Å². The van der Waals surface area contributed by atoms with Crippen molar-refractivity contribution in [2.24, 2.45) is 16.2 Å². The fourth-order valence-corrected chi connectivity index (χ4v) is 6.19. The average molecular weight is 531 g/mol. The summed E-state index contributed by atoms with van der Waals surface area (Å²) in [5, 5.41) is 9.79. The molecule has 0 aromatic heterocycles. The molecule has 212 valence electrons. The van der Waals surface area contributed by atoms with Gasteiger partial charge >= 0.3 is 17.9 Å². The number of hydrogen-bond donors (Lipinski definition) is 1. The zero-order valence-corrected chi connectivity index (χ0v) is 24.2. The van der Waals surface area contributed by atoms with Gasteiger partial charge in [0, 0.05) is 11.8 Å². The molecule has 7 nitrogen and oxygen atoms in total. The molecule has 0 amide bonds. The maximum atomic E-state index is 14.2. The SMILES string of the molecule is CCC(CC(C)(CC(C)(C)C(=O)OC1CCOC1=O)C(=O)OC1(C(C)(C)C)CCCC1)c1ccc(O)cc1. The van der Waals surface area contributed by atoms with Crippen molar-refractivity contribution in [2.75, 3.05) is 6.61 Å². The maximum absolute atomic E-state index is 14.2. The smallest absolute Gasteiger partial charge is 0.347 e. The molecule has 1 aliphatic carbocycles. The van der Waals surface area contributed by atoms with Crippen LogP contribution in [0.4, 0.5) is 0 Å². The van der Waals surface area contributed by atoms with E-state index >= 15 is 0 Å². The number of hydrogen-bond acceptors (Lipinski definition) is 7. The topological polar surface area (TPSA) is 99.1 Å². The highest BCUT2D eigenvalue weighted by Gasteiger charge is 2.52. The first-order valence-corrected chi connectivity index (χ1v) is 14.0. The lowest BCUT2D eigenvalue weighted by atomic mass is 9.68. The summed E-state index contributed by atoms with van der Waals surface area (Å²) >= 11 is 0. The van der Waals surface area contributed by atoms with Gasteiger partial charge in [-0.15, -0.1) is 0 Å². The monoisotopic (exact) mass is 530 g/mol. The van der Waals surface area contributed by atoms with E-state index in [2.05, 4.69) is 27.7 Å². The second-order valence-corrected chi connectivity index (χ2v) is 13.2. The van der Waals surface area contributed by atoms with Gasteiger partial charge in [-0.1, -0.05) is 39.8 Å². The third-order valence-electron chi connectivity index (χ3n) is 8.63. The number of aromatic hydroxyl groups is 1. The van der Waals surface area contributed by atoms with Crippen LogP contribution in [0.25, 0.3) is 0 Å². The molecule has 1 N–H and O–H groups in total. The Labute approximate surface area is 227 Å². The molecule has 1 heterocycles. The minimum atomic E-state index is -1.05. The Bertz CT molecular complexity index is 998. The maximum Gasteiger partial charge on any atom is 0.347 e. The number of cyclic esters (lactones) is 1. The lowest BCUT2D eigenvalue weighted by Gasteiger charge is -2.45. The molecule has 1 aromatic rings. The Balaban J connectivity index is 1.92. The third kappa shape index (κ3) is 6.52. The van der Waals surface area contributed by atoms with Gasteiger partial charge in [-0.05, 0) is 89.3 Å². The van der Waals surface area contributed by atoms with Gasteiger partial charge in [0.1, 0.15) is 11.4 Å². The van der Waals surface area contributed by atoms with E-state index in [1.807, 2.05) is 19.1 Å². The van der Waals surface area contributed by atoms with Crippen LogP contribution in [0.15, 0.2) is 24.3 Å². The minimum Gasteiger partial charge on any atom is -0.508 e. The molecule has 1 saturated carbocycles. The Hall–Kier alpha value is -2.57. The van der Waals surface area contributed by atoms with E-state index in [9.17, 15) is 19.5 Å². The van der Waals surface area contributed by atoms with Crippen LogP contribution in [-0.4, -0.2) is 41.3 Å². The zero-order chi connectivity index (χ0) is 28.4. The number of rotatable bonds is 10. The van der Waals surface area contributed by atoms with Gasteiger partial charge in [0.2, 0.25) is 6.10 Å². The Kier molecular flexibility index (Phi) is 8.89. The summed E-state index contributed by atoms with van der Waals surface area (Å²) in [5.74, 6) is -1.15. The van der Waals surface area contributed by atoms with Gasteiger partial charge in [-0.3, -0.25) is 9.59 Å². The number of carbonyl (C=O) groups excluding carboxylic acids is 3. The standard InChI is InChI=1S/C31H46O7/c1-8-21(22-11-13-23(32)14-12-22)19-30(7,27(35)38-31(28(2,3)4)16-9-10-17-31)20-29(5,6)26(34)37-24-15-18-36-25(24)33/h11-14,21,24,32H,8-10,15-20H2,1-7H3. The van der Waals surface area contributed by atoms with E-state index in [1.165, 1.54) is 0 Å². The number of benzene rings is 1. The molecule has 38 heavy (non-hydrogen) atoms. The van der Waals surface area contributed by atoms with Crippen molar-refractivity contribution in [3.05, 3.63) is 29.8 Å². The molecule has 0 radical (unpaired) electrons. The molecule has 2 aliphatic rings. The van der Waals surface area contributed by atoms with E-state index in [0.717, 1.165) is 37.7 Å². The van der Waals surface area contributed by atoms with E-state index in [0.29, 0.717) is 12.8 Å². The van der Waals surface area contributed by atoms with Crippen molar-refractivity contribution in [3.8, 4) is 5.75 Å². The fourth-order valence-electron chi connectivity index (χ4n) is 6.19. The molecule has 3 atom stereocenters. The molecule has 2 fully saturated rings. The average Bonchev–Trinajstić information content (AvgIpc) is 3.47. The van der Waals surface area contributed by atoms with Crippen molar-refractivity contribution in [3.63, 3.8) is 0 Å². The number of ether oxygens (including phenoxy) is 3. The van der Waals surface area contributed by atoms with Gasteiger partial charge in [0.05, 0.1) is 17.4 Å². The van der Waals surface area contributed by atoms with Crippen LogP contribution < -0.4 is 0 Å². The normalized spacial score (nSPS) is 21.9. The van der Waals surface area contributed by atoms with Crippen molar-refractivity contribution >= 4 is 17.9 Å². The molecular formula is C31H46O7. The van der Waals surface area contributed by atoms with Gasteiger partial charge in [0.15, 0.2) is 0 Å². The molecule has 0 bridgehead atoms. The second-order valence-electron chi connectivity index (χ2n) is 13.2. The number of phenolic OH excluding ortho intramolecular Hbond substituents is 1. The number of esters is 3. The van der Waals surface area contributed by atoms with Crippen LogP contribution in [0.3, 0.4) is 0 Å². The number of carbonyl (C=O) groups is 3. The highest BCUT2D eigenvalue weighted by atomic mass is 16.6. The number of phenols is 1. The van der Waals surface area contributed by atoms with Crippen molar-refractivity contribution < 1.29 is 33.7 Å². The third-order valence-corrected chi connectivity index (χ3v) is 8.63. The molecule has 3 rings (SSSR count). The lowest BCUT2D eigenvalue weighted by Crippen LogP contribution is -2.49. The predicted octanol–water partition coefficient (Wildman–Crippen LogP) is 6.46. The van der Waals surface area contributed by atoms with Crippen molar-refractivity contribution in [1.82, 2.24) is 0 Å². The summed E-state index contributed by atoms with van der Waals surface area (Å²) < 4.78 is 17.0. The van der Waals surface area contributed by atoms with Crippen LogP contribution >= 0.6 is 0 Å². The minimum absolute atomic E-state index is 0.0129. The summed E-state index contributed by atoms with van der Waals surface area (Å²) in [6.07, 6.45) is 4.56. The Morgan fingerprint density at radius 2 is 1.66 bits per heavy atom. The van der Waals surface area contributed by atoms with Gasteiger partial charge in [-0.25, -0.2) is 4.79 Å². The van der Waals surface area contributed by atoms with Crippen LogP contribution in [0.1, 0.15) is 111 Å². The molecule has 7 heteroatoms.